The molecule has 0 spiro atoms. The zero-order valence-corrected chi connectivity index (χ0v) is 8.69. The second kappa shape index (κ2) is 4.31. The van der Waals surface area contributed by atoms with Crippen LogP contribution in [0.3, 0.4) is 0 Å². The molecule has 0 saturated heterocycles. The fourth-order valence-electron chi connectivity index (χ4n) is 1.69. The van der Waals surface area contributed by atoms with E-state index in [1.54, 1.807) is 12.0 Å². The lowest BCUT2D eigenvalue weighted by atomic mass is 10.2. The van der Waals surface area contributed by atoms with Crippen molar-refractivity contribution in [3.05, 3.63) is 24.3 Å². The van der Waals surface area contributed by atoms with E-state index < -0.39 is 0 Å². The zero-order valence-electron chi connectivity index (χ0n) is 8.69. The Labute approximate surface area is 88.8 Å². The van der Waals surface area contributed by atoms with Gasteiger partial charge in [-0.25, -0.2) is 0 Å². The molecule has 4 heteroatoms. The molecule has 0 unspecified atom stereocenters. The Morgan fingerprint density at radius 2 is 2.27 bits per heavy atom. The van der Waals surface area contributed by atoms with Crippen molar-refractivity contribution in [2.75, 3.05) is 37.0 Å². The van der Waals surface area contributed by atoms with E-state index in [0.717, 1.165) is 11.4 Å². The number of para-hydroxylation sites is 2. The molecule has 15 heavy (non-hydrogen) atoms. The Morgan fingerprint density at radius 1 is 1.47 bits per heavy atom. The number of hydrogen-bond acceptors (Lipinski definition) is 3. The van der Waals surface area contributed by atoms with Crippen LogP contribution in [0, 0.1) is 0 Å². The minimum Gasteiger partial charge on any atom is -0.383 e. The summed E-state index contributed by atoms with van der Waals surface area (Å²) in [5.74, 6) is 0.0887. The summed E-state index contributed by atoms with van der Waals surface area (Å²) in [7, 11) is 1.64. The molecular weight excluding hydrogens is 192 g/mol. The number of nitrogens with zero attached hydrogens (tertiary/aromatic N) is 1. The maximum absolute atomic E-state index is 11.7. The van der Waals surface area contributed by atoms with Gasteiger partial charge < -0.3 is 15.0 Å². The van der Waals surface area contributed by atoms with Gasteiger partial charge in [0.1, 0.15) is 0 Å². The van der Waals surface area contributed by atoms with Gasteiger partial charge in [0.05, 0.1) is 24.5 Å². The van der Waals surface area contributed by atoms with Gasteiger partial charge in [-0.05, 0) is 12.1 Å². The molecule has 0 fully saturated rings. The average Bonchev–Trinajstić information content (AvgIpc) is 2.28. The van der Waals surface area contributed by atoms with Gasteiger partial charge in [0.2, 0.25) is 5.91 Å². The number of rotatable bonds is 3. The number of ether oxygens (including phenoxy) is 1. The number of anilines is 2. The molecule has 1 amide bonds. The monoisotopic (exact) mass is 206 g/mol. The van der Waals surface area contributed by atoms with Gasteiger partial charge in [0.25, 0.3) is 0 Å². The first-order chi connectivity index (χ1) is 7.33. The van der Waals surface area contributed by atoms with Gasteiger partial charge in [-0.15, -0.1) is 0 Å². The summed E-state index contributed by atoms with van der Waals surface area (Å²) in [6.45, 7) is 1.52. The van der Waals surface area contributed by atoms with Crippen molar-refractivity contribution in [3.8, 4) is 0 Å². The van der Waals surface area contributed by atoms with Crippen LogP contribution in [-0.2, 0) is 9.53 Å². The Bertz CT molecular complexity index is 365. The van der Waals surface area contributed by atoms with Crippen molar-refractivity contribution in [1.29, 1.82) is 0 Å². The van der Waals surface area contributed by atoms with Crippen LogP contribution in [0.1, 0.15) is 0 Å². The third-order valence-electron chi connectivity index (χ3n) is 2.44. The molecule has 0 bridgehead atoms. The van der Waals surface area contributed by atoms with Crippen molar-refractivity contribution < 1.29 is 9.53 Å². The fourth-order valence-corrected chi connectivity index (χ4v) is 1.69. The number of carbonyl (C=O) groups is 1. The second-order valence-corrected chi connectivity index (χ2v) is 3.41. The molecule has 1 aliphatic rings. The topological polar surface area (TPSA) is 41.6 Å². The van der Waals surface area contributed by atoms with Crippen molar-refractivity contribution in [1.82, 2.24) is 0 Å². The predicted octanol–water partition coefficient (Wildman–Crippen LogP) is 1.09. The van der Waals surface area contributed by atoms with Crippen LogP contribution >= 0.6 is 0 Å². The number of fused-ring (bicyclic) bond motifs is 1. The minimum absolute atomic E-state index is 0.0887. The number of carbonyl (C=O) groups excluding carboxylic acids is 1. The first-order valence-electron chi connectivity index (χ1n) is 4.95. The zero-order chi connectivity index (χ0) is 10.7. The van der Waals surface area contributed by atoms with Crippen LogP contribution in [-0.4, -0.2) is 32.7 Å². The molecule has 4 nitrogen and oxygen atoms in total. The minimum atomic E-state index is 0.0887. The van der Waals surface area contributed by atoms with E-state index in [-0.39, 0.29) is 5.91 Å². The van der Waals surface area contributed by atoms with E-state index in [1.165, 1.54) is 0 Å². The standard InChI is InChI=1S/C11H14N2O2/c1-15-7-6-13-10-5-3-2-4-9(10)12-8-11(13)14/h2-5,12H,6-8H2,1H3. The van der Waals surface area contributed by atoms with Crippen molar-refractivity contribution in [2.24, 2.45) is 0 Å². The second-order valence-electron chi connectivity index (χ2n) is 3.41. The third-order valence-corrected chi connectivity index (χ3v) is 2.44. The van der Waals surface area contributed by atoms with E-state index in [1.807, 2.05) is 24.3 Å². The predicted molar refractivity (Wildman–Crippen MR) is 59.2 cm³/mol. The molecule has 1 aliphatic heterocycles. The SMILES string of the molecule is COCCN1C(=O)CNc2ccccc21. The molecule has 0 radical (unpaired) electrons. The lowest BCUT2D eigenvalue weighted by molar-refractivity contribution is -0.117. The molecular formula is C11H14N2O2. The Kier molecular flexibility index (Phi) is 2.87. The normalized spacial score (nSPS) is 14.7. The summed E-state index contributed by atoms with van der Waals surface area (Å²) in [5, 5.41) is 3.09. The van der Waals surface area contributed by atoms with Gasteiger partial charge in [0.15, 0.2) is 0 Å². The summed E-state index contributed by atoms with van der Waals surface area (Å²) in [4.78, 5) is 13.4. The number of hydrogen-bond donors (Lipinski definition) is 1. The van der Waals surface area contributed by atoms with E-state index in [2.05, 4.69) is 5.32 Å². The number of amides is 1. The van der Waals surface area contributed by atoms with Crippen LogP contribution in [0.2, 0.25) is 0 Å². The van der Waals surface area contributed by atoms with Gasteiger partial charge in [-0.3, -0.25) is 4.79 Å². The molecule has 0 atom stereocenters. The van der Waals surface area contributed by atoms with E-state index in [0.29, 0.717) is 19.7 Å². The van der Waals surface area contributed by atoms with Gasteiger partial charge in [-0.2, -0.15) is 0 Å². The molecule has 2 rings (SSSR count). The lowest BCUT2D eigenvalue weighted by Gasteiger charge is -2.29. The first kappa shape index (κ1) is 9.98. The van der Waals surface area contributed by atoms with Crippen LogP contribution in [0.5, 0.6) is 0 Å². The highest BCUT2D eigenvalue weighted by Gasteiger charge is 2.22. The highest BCUT2D eigenvalue weighted by Crippen LogP contribution is 2.28. The van der Waals surface area contributed by atoms with Crippen LogP contribution in [0.4, 0.5) is 11.4 Å². The molecule has 1 aromatic carbocycles. The van der Waals surface area contributed by atoms with Gasteiger partial charge >= 0.3 is 0 Å². The molecule has 0 aliphatic carbocycles. The first-order valence-corrected chi connectivity index (χ1v) is 4.95. The average molecular weight is 206 g/mol. The fraction of sp³-hybridized carbons (Fsp3) is 0.364. The highest BCUT2D eigenvalue weighted by molar-refractivity contribution is 6.02. The summed E-state index contributed by atoms with van der Waals surface area (Å²) in [6, 6.07) is 7.80. The molecule has 80 valence electrons. The Morgan fingerprint density at radius 3 is 3.07 bits per heavy atom. The van der Waals surface area contributed by atoms with Gasteiger partial charge in [-0.1, -0.05) is 12.1 Å². The number of methoxy groups -OCH3 is 1. The van der Waals surface area contributed by atoms with Gasteiger partial charge in [0, 0.05) is 13.7 Å². The maximum Gasteiger partial charge on any atom is 0.246 e. The third kappa shape index (κ3) is 1.94. The van der Waals surface area contributed by atoms with Crippen LogP contribution < -0.4 is 10.2 Å². The molecule has 0 aromatic heterocycles. The molecule has 1 heterocycles. The number of nitrogens with one attached hydrogen (secondary N) is 1. The van der Waals surface area contributed by atoms with Crippen molar-refractivity contribution >= 4 is 17.3 Å². The Hall–Kier alpha value is -1.55. The summed E-state index contributed by atoms with van der Waals surface area (Å²) < 4.78 is 4.99. The number of benzene rings is 1. The lowest BCUT2D eigenvalue weighted by Crippen LogP contribution is -2.41. The molecule has 1 aromatic rings. The largest absolute Gasteiger partial charge is 0.383 e. The highest BCUT2D eigenvalue weighted by atomic mass is 16.5. The van der Waals surface area contributed by atoms with E-state index >= 15 is 0 Å². The molecule has 1 N–H and O–H groups in total. The quantitative estimate of drug-likeness (QED) is 0.805. The van der Waals surface area contributed by atoms with Crippen LogP contribution in [0.15, 0.2) is 24.3 Å². The summed E-state index contributed by atoms with van der Waals surface area (Å²) >= 11 is 0. The smallest absolute Gasteiger partial charge is 0.246 e. The summed E-state index contributed by atoms with van der Waals surface area (Å²) in [5.41, 5.74) is 1.94. The van der Waals surface area contributed by atoms with Crippen LogP contribution in [0.25, 0.3) is 0 Å². The molecule has 0 saturated carbocycles. The Balaban J connectivity index is 2.25. The summed E-state index contributed by atoms with van der Waals surface area (Å²) in [6.07, 6.45) is 0. The van der Waals surface area contributed by atoms with E-state index in [9.17, 15) is 4.79 Å². The van der Waals surface area contributed by atoms with Crippen molar-refractivity contribution in [3.63, 3.8) is 0 Å². The maximum atomic E-state index is 11.7. The van der Waals surface area contributed by atoms with E-state index in [4.69, 9.17) is 4.74 Å². The van der Waals surface area contributed by atoms with Crippen molar-refractivity contribution in [2.45, 2.75) is 0 Å².